The van der Waals surface area contributed by atoms with Crippen LogP contribution in [0.5, 0.6) is 0 Å². The van der Waals surface area contributed by atoms with Gasteiger partial charge in [0, 0.05) is 25.3 Å². The second-order valence-corrected chi connectivity index (χ2v) is 4.33. The normalized spacial score (nSPS) is 10.8. The van der Waals surface area contributed by atoms with Crippen LogP contribution in [0.25, 0.3) is 0 Å². The zero-order chi connectivity index (χ0) is 12.7. The van der Waals surface area contributed by atoms with Gasteiger partial charge in [0.1, 0.15) is 0 Å². The van der Waals surface area contributed by atoms with Crippen LogP contribution in [0.1, 0.15) is 38.9 Å². The minimum absolute atomic E-state index is 0.0372. The average molecular weight is 238 g/mol. The lowest BCUT2D eigenvalue weighted by Gasteiger charge is -2.05. The van der Waals surface area contributed by atoms with E-state index in [1.54, 1.807) is 0 Å². The highest BCUT2D eigenvalue weighted by atomic mass is 16.1. The molecular weight excluding hydrogens is 216 g/mol. The van der Waals surface area contributed by atoms with Gasteiger partial charge in [0.2, 0.25) is 5.91 Å². The Hall–Kier alpha value is -1.36. The Kier molecular flexibility index (Phi) is 5.69. The lowest BCUT2D eigenvalue weighted by Crippen LogP contribution is -2.34. The Balaban J connectivity index is 2.23. The highest BCUT2D eigenvalue weighted by molar-refractivity contribution is 5.77. The minimum atomic E-state index is 0.0372. The number of nitrogens with zero attached hydrogens (tertiary/aromatic N) is 2. The smallest absolute Gasteiger partial charge is 0.233 e. The maximum absolute atomic E-state index is 11.3. The summed E-state index contributed by atoms with van der Waals surface area (Å²) in [6, 6.07) is 2.34. The van der Waals surface area contributed by atoms with Crippen molar-refractivity contribution in [3.8, 4) is 0 Å². The molecule has 0 aliphatic rings. The summed E-state index contributed by atoms with van der Waals surface area (Å²) in [5.41, 5.74) is 0.960. The van der Waals surface area contributed by atoms with E-state index in [9.17, 15) is 4.79 Å². The summed E-state index contributed by atoms with van der Waals surface area (Å²) in [6.07, 6.45) is 2.92. The van der Waals surface area contributed by atoms with E-state index < -0.39 is 0 Å². The molecule has 0 radical (unpaired) electrons. The molecule has 1 amide bonds. The molecule has 17 heavy (non-hydrogen) atoms. The van der Waals surface area contributed by atoms with E-state index in [1.165, 1.54) is 0 Å². The highest BCUT2D eigenvalue weighted by Gasteiger charge is 2.03. The van der Waals surface area contributed by atoms with Crippen LogP contribution in [0.15, 0.2) is 12.3 Å². The van der Waals surface area contributed by atoms with Gasteiger partial charge in [-0.15, -0.1) is 0 Å². The first kappa shape index (κ1) is 13.7. The molecule has 0 fully saturated rings. The fourth-order valence-corrected chi connectivity index (χ4v) is 1.39. The summed E-state index contributed by atoms with van der Waals surface area (Å²) in [5, 5.41) is 10.3. The van der Waals surface area contributed by atoms with Gasteiger partial charge in [-0.2, -0.15) is 5.10 Å². The number of hydrogen-bond donors (Lipinski definition) is 2. The zero-order valence-corrected chi connectivity index (χ0v) is 10.9. The number of carbonyl (C=O) groups is 1. The molecule has 0 saturated carbocycles. The average Bonchev–Trinajstić information content (AvgIpc) is 2.75. The van der Waals surface area contributed by atoms with Crippen LogP contribution in [0.2, 0.25) is 0 Å². The molecule has 0 saturated heterocycles. The molecule has 0 unspecified atom stereocenters. The predicted octanol–water partition coefficient (Wildman–Crippen LogP) is 1.08. The lowest BCUT2D eigenvalue weighted by atomic mass is 10.4. The van der Waals surface area contributed by atoms with Crippen molar-refractivity contribution >= 4 is 5.91 Å². The number of hydrogen-bond acceptors (Lipinski definition) is 3. The molecule has 0 aromatic carbocycles. The van der Waals surface area contributed by atoms with Crippen LogP contribution in [-0.4, -0.2) is 28.8 Å². The van der Waals surface area contributed by atoms with Gasteiger partial charge >= 0.3 is 0 Å². The molecule has 0 spiro atoms. The van der Waals surface area contributed by atoms with Crippen LogP contribution in [0.3, 0.4) is 0 Å². The third-order valence-corrected chi connectivity index (χ3v) is 2.36. The van der Waals surface area contributed by atoms with Crippen LogP contribution >= 0.6 is 0 Å². The number of nitrogens with one attached hydrogen (secondary N) is 2. The highest BCUT2D eigenvalue weighted by Crippen LogP contribution is 2.03. The second kappa shape index (κ2) is 7.06. The van der Waals surface area contributed by atoms with E-state index in [1.807, 2.05) is 23.9 Å². The maximum atomic E-state index is 11.3. The number of rotatable bonds is 7. The Labute approximate surface area is 103 Å². The zero-order valence-electron chi connectivity index (χ0n) is 10.9. The summed E-state index contributed by atoms with van der Waals surface area (Å²) in [7, 11) is 0. The first-order valence-electron chi connectivity index (χ1n) is 6.15. The van der Waals surface area contributed by atoms with Crippen molar-refractivity contribution in [1.29, 1.82) is 0 Å². The van der Waals surface area contributed by atoms with Gasteiger partial charge in [-0.05, 0) is 26.3 Å². The summed E-state index contributed by atoms with van der Waals surface area (Å²) < 4.78 is 1.91. The van der Waals surface area contributed by atoms with E-state index in [4.69, 9.17) is 0 Å². The van der Waals surface area contributed by atoms with E-state index in [-0.39, 0.29) is 5.91 Å². The standard InChI is InChI=1S/C12H22N4O/c1-4-6-14-12(17)9-13-8-11-5-7-16(15-11)10(2)3/h5,7,10,13H,4,6,8-9H2,1-3H3,(H,14,17). The molecular formula is C12H22N4O. The first-order valence-corrected chi connectivity index (χ1v) is 6.15. The second-order valence-electron chi connectivity index (χ2n) is 4.33. The molecule has 1 aromatic rings. The molecule has 1 aromatic heterocycles. The van der Waals surface area contributed by atoms with Crippen molar-refractivity contribution in [3.05, 3.63) is 18.0 Å². The molecule has 5 heteroatoms. The quantitative estimate of drug-likeness (QED) is 0.747. The van der Waals surface area contributed by atoms with Gasteiger partial charge < -0.3 is 10.6 Å². The van der Waals surface area contributed by atoms with Crippen LogP contribution in [-0.2, 0) is 11.3 Å². The fourth-order valence-electron chi connectivity index (χ4n) is 1.39. The monoisotopic (exact) mass is 238 g/mol. The summed E-state index contributed by atoms with van der Waals surface area (Å²) >= 11 is 0. The van der Waals surface area contributed by atoms with Gasteiger partial charge in [0.15, 0.2) is 0 Å². The third kappa shape index (κ3) is 4.99. The van der Waals surface area contributed by atoms with Crippen LogP contribution in [0, 0.1) is 0 Å². The summed E-state index contributed by atoms with van der Waals surface area (Å²) in [4.78, 5) is 11.3. The van der Waals surface area contributed by atoms with Gasteiger partial charge in [0.25, 0.3) is 0 Å². The topological polar surface area (TPSA) is 59.0 Å². The minimum Gasteiger partial charge on any atom is -0.355 e. The Bertz CT molecular complexity index is 346. The number of aromatic nitrogens is 2. The van der Waals surface area contributed by atoms with Gasteiger partial charge in [-0.3, -0.25) is 9.48 Å². The molecule has 1 rings (SSSR count). The summed E-state index contributed by atoms with van der Waals surface area (Å²) in [6.45, 7) is 7.91. The molecule has 1 heterocycles. The number of amides is 1. The third-order valence-electron chi connectivity index (χ3n) is 2.36. The van der Waals surface area contributed by atoms with E-state index in [2.05, 4.69) is 29.6 Å². The Morgan fingerprint density at radius 2 is 2.29 bits per heavy atom. The molecule has 0 aliphatic heterocycles. The van der Waals surface area contributed by atoms with Crippen molar-refractivity contribution < 1.29 is 4.79 Å². The van der Waals surface area contributed by atoms with E-state index in [0.29, 0.717) is 19.1 Å². The Morgan fingerprint density at radius 1 is 1.53 bits per heavy atom. The molecule has 0 bridgehead atoms. The first-order chi connectivity index (χ1) is 8.13. The van der Waals surface area contributed by atoms with Crippen molar-refractivity contribution in [1.82, 2.24) is 20.4 Å². The van der Waals surface area contributed by atoms with E-state index >= 15 is 0 Å². The Morgan fingerprint density at radius 3 is 2.88 bits per heavy atom. The fraction of sp³-hybridized carbons (Fsp3) is 0.667. The predicted molar refractivity (Wildman–Crippen MR) is 67.6 cm³/mol. The van der Waals surface area contributed by atoms with Crippen molar-refractivity contribution in [2.45, 2.75) is 39.8 Å². The van der Waals surface area contributed by atoms with Gasteiger partial charge in [0.05, 0.1) is 12.2 Å². The summed E-state index contributed by atoms with van der Waals surface area (Å²) in [5.74, 6) is 0.0372. The molecule has 5 nitrogen and oxygen atoms in total. The van der Waals surface area contributed by atoms with E-state index in [0.717, 1.165) is 18.7 Å². The molecule has 0 aliphatic carbocycles. The van der Waals surface area contributed by atoms with Crippen LogP contribution < -0.4 is 10.6 Å². The molecule has 0 atom stereocenters. The van der Waals surface area contributed by atoms with Gasteiger partial charge in [-0.25, -0.2) is 0 Å². The molecule has 2 N–H and O–H groups in total. The van der Waals surface area contributed by atoms with Crippen molar-refractivity contribution in [2.75, 3.05) is 13.1 Å². The SMILES string of the molecule is CCCNC(=O)CNCc1ccn(C(C)C)n1. The maximum Gasteiger partial charge on any atom is 0.233 e. The van der Waals surface area contributed by atoms with Crippen LogP contribution in [0.4, 0.5) is 0 Å². The van der Waals surface area contributed by atoms with Gasteiger partial charge in [-0.1, -0.05) is 6.92 Å². The number of carbonyl (C=O) groups excluding carboxylic acids is 1. The van der Waals surface area contributed by atoms with Crippen molar-refractivity contribution in [3.63, 3.8) is 0 Å². The lowest BCUT2D eigenvalue weighted by molar-refractivity contribution is -0.120. The molecule has 96 valence electrons. The largest absolute Gasteiger partial charge is 0.355 e. The van der Waals surface area contributed by atoms with Crippen molar-refractivity contribution in [2.24, 2.45) is 0 Å².